The van der Waals surface area contributed by atoms with Crippen molar-refractivity contribution in [3.05, 3.63) is 11.9 Å². The van der Waals surface area contributed by atoms with E-state index in [9.17, 15) is 4.79 Å². The van der Waals surface area contributed by atoms with Gasteiger partial charge >= 0.3 is 5.97 Å². The normalized spacial score (nSPS) is 20.4. The molecule has 0 spiro atoms. The van der Waals surface area contributed by atoms with Crippen LogP contribution in [0.3, 0.4) is 0 Å². The van der Waals surface area contributed by atoms with E-state index in [1.54, 1.807) is 10.9 Å². The summed E-state index contributed by atoms with van der Waals surface area (Å²) in [5, 5.41) is 16.5. The Kier molecular flexibility index (Phi) is 5.08. The van der Waals surface area contributed by atoms with Crippen LogP contribution in [0.25, 0.3) is 0 Å². The van der Waals surface area contributed by atoms with Gasteiger partial charge in [-0.3, -0.25) is 9.69 Å². The molecule has 1 aliphatic rings. The highest BCUT2D eigenvalue weighted by molar-refractivity contribution is 5.69. The molecule has 0 saturated carbocycles. The molecule has 2 heterocycles. The Morgan fingerprint density at radius 3 is 3.10 bits per heavy atom. The number of rotatable bonds is 6. The Bertz CT molecular complexity index is 447. The van der Waals surface area contributed by atoms with Gasteiger partial charge in [0.25, 0.3) is 0 Å². The van der Waals surface area contributed by atoms with E-state index < -0.39 is 5.97 Å². The summed E-state index contributed by atoms with van der Waals surface area (Å²) in [6.45, 7) is 8.68. The summed E-state index contributed by atoms with van der Waals surface area (Å²) in [4.78, 5) is 13.0. The van der Waals surface area contributed by atoms with Crippen LogP contribution in [0.1, 0.15) is 19.5 Å². The average molecular weight is 282 g/mol. The number of aliphatic carboxylic acids is 1. The number of carboxylic acids is 1. The lowest BCUT2D eigenvalue weighted by Crippen LogP contribution is -2.45. The van der Waals surface area contributed by atoms with Gasteiger partial charge in [-0.1, -0.05) is 19.1 Å². The lowest BCUT2D eigenvalue weighted by Gasteiger charge is -2.33. The fourth-order valence-corrected chi connectivity index (χ4v) is 2.45. The van der Waals surface area contributed by atoms with E-state index in [1.165, 1.54) is 0 Å². The maximum Gasteiger partial charge on any atom is 0.309 e. The van der Waals surface area contributed by atoms with Crippen LogP contribution in [0.2, 0.25) is 0 Å². The van der Waals surface area contributed by atoms with Crippen molar-refractivity contribution in [2.24, 2.45) is 5.92 Å². The summed E-state index contributed by atoms with van der Waals surface area (Å²) < 4.78 is 7.41. The minimum absolute atomic E-state index is 0.0851. The number of morpholine rings is 1. The van der Waals surface area contributed by atoms with Gasteiger partial charge in [-0.15, -0.1) is 5.10 Å². The molecule has 0 bridgehead atoms. The molecule has 1 aromatic rings. The lowest BCUT2D eigenvalue weighted by molar-refractivity contribution is -0.136. The van der Waals surface area contributed by atoms with Crippen molar-refractivity contribution < 1.29 is 14.6 Å². The molecule has 7 nitrogen and oxygen atoms in total. The zero-order chi connectivity index (χ0) is 14.5. The summed E-state index contributed by atoms with van der Waals surface area (Å²) in [5.74, 6) is -0.253. The summed E-state index contributed by atoms with van der Waals surface area (Å²) in [7, 11) is 0. The van der Waals surface area contributed by atoms with Gasteiger partial charge < -0.3 is 9.84 Å². The van der Waals surface area contributed by atoms with Crippen LogP contribution < -0.4 is 0 Å². The van der Waals surface area contributed by atoms with Crippen LogP contribution in [0.15, 0.2) is 6.20 Å². The molecule has 1 unspecified atom stereocenters. The molecule has 1 fully saturated rings. The third-order valence-electron chi connectivity index (χ3n) is 3.16. The standard InChI is InChI=1S/C13H22N4O3/c1-10(2)6-16-3-4-20-12(8-16)9-17-7-11(14-15-17)5-13(18)19/h7,10,12H,3-6,8-9H2,1-2H3,(H,18,19). The van der Waals surface area contributed by atoms with Gasteiger partial charge in [0, 0.05) is 25.8 Å². The molecule has 2 rings (SSSR count). The first kappa shape index (κ1) is 14.9. The van der Waals surface area contributed by atoms with E-state index in [-0.39, 0.29) is 12.5 Å². The second-order valence-corrected chi connectivity index (χ2v) is 5.65. The van der Waals surface area contributed by atoms with E-state index in [1.807, 2.05) is 0 Å². The van der Waals surface area contributed by atoms with Gasteiger partial charge in [-0.25, -0.2) is 4.68 Å². The molecule has 7 heteroatoms. The van der Waals surface area contributed by atoms with E-state index in [4.69, 9.17) is 9.84 Å². The van der Waals surface area contributed by atoms with Crippen molar-refractivity contribution in [3.8, 4) is 0 Å². The topological polar surface area (TPSA) is 80.5 Å². The van der Waals surface area contributed by atoms with E-state index in [0.717, 1.165) is 26.2 Å². The van der Waals surface area contributed by atoms with Gasteiger partial charge in [-0.05, 0) is 5.92 Å². The van der Waals surface area contributed by atoms with E-state index in [0.29, 0.717) is 18.2 Å². The molecule has 0 aliphatic carbocycles. The van der Waals surface area contributed by atoms with Crippen molar-refractivity contribution in [1.82, 2.24) is 19.9 Å². The molecule has 0 amide bonds. The third kappa shape index (κ3) is 4.57. The van der Waals surface area contributed by atoms with Gasteiger partial charge in [0.15, 0.2) is 0 Å². The Morgan fingerprint density at radius 2 is 2.40 bits per heavy atom. The average Bonchev–Trinajstić information content (AvgIpc) is 2.75. The number of nitrogens with zero attached hydrogens (tertiary/aromatic N) is 4. The number of aromatic nitrogens is 3. The summed E-state index contributed by atoms with van der Waals surface area (Å²) in [5.41, 5.74) is 0.479. The smallest absolute Gasteiger partial charge is 0.309 e. The Hall–Kier alpha value is -1.47. The monoisotopic (exact) mass is 282 g/mol. The molecule has 0 aromatic carbocycles. The molecular weight excluding hydrogens is 260 g/mol. The minimum atomic E-state index is -0.894. The van der Waals surface area contributed by atoms with Gasteiger partial charge in [0.1, 0.15) is 0 Å². The largest absolute Gasteiger partial charge is 0.481 e. The zero-order valence-corrected chi connectivity index (χ0v) is 12.0. The number of carboxylic acid groups (broad SMARTS) is 1. The van der Waals surface area contributed by atoms with Crippen LogP contribution in [0.4, 0.5) is 0 Å². The summed E-state index contributed by atoms with van der Waals surface area (Å²) in [6, 6.07) is 0. The van der Waals surface area contributed by atoms with E-state index >= 15 is 0 Å². The second kappa shape index (κ2) is 6.81. The van der Waals surface area contributed by atoms with Crippen molar-refractivity contribution in [2.75, 3.05) is 26.2 Å². The SMILES string of the molecule is CC(C)CN1CCOC(Cn2cc(CC(=O)O)nn2)C1. The highest BCUT2D eigenvalue weighted by atomic mass is 16.5. The molecular formula is C13H22N4O3. The van der Waals surface area contributed by atoms with Crippen LogP contribution >= 0.6 is 0 Å². The van der Waals surface area contributed by atoms with E-state index in [2.05, 4.69) is 29.1 Å². The Morgan fingerprint density at radius 1 is 1.60 bits per heavy atom. The number of ether oxygens (including phenoxy) is 1. The fourth-order valence-electron chi connectivity index (χ4n) is 2.45. The minimum Gasteiger partial charge on any atom is -0.481 e. The maximum absolute atomic E-state index is 10.6. The van der Waals surface area contributed by atoms with Crippen molar-refractivity contribution in [2.45, 2.75) is 32.9 Å². The van der Waals surface area contributed by atoms with Crippen LogP contribution in [-0.2, 0) is 22.5 Å². The quantitative estimate of drug-likeness (QED) is 0.806. The predicted octanol–water partition coefficient (Wildman–Crippen LogP) is 0.262. The zero-order valence-electron chi connectivity index (χ0n) is 12.0. The molecule has 0 radical (unpaired) electrons. The molecule has 1 saturated heterocycles. The highest BCUT2D eigenvalue weighted by Crippen LogP contribution is 2.09. The summed E-state index contributed by atoms with van der Waals surface area (Å²) >= 11 is 0. The second-order valence-electron chi connectivity index (χ2n) is 5.65. The molecule has 1 N–H and O–H groups in total. The van der Waals surface area contributed by atoms with Crippen LogP contribution in [-0.4, -0.2) is 63.3 Å². The number of carbonyl (C=O) groups is 1. The van der Waals surface area contributed by atoms with Crippen molar-refractivity contribution in [1.29, 1.82) is 0 Å². The first-order chi connectivity index (χ1) is 9.52. The third-order valence-corrected chi connectivity index (χ3v) is 3.16. The molecule has 1 aromatic heterocycles. The number of hydrogen-bond acceptors (Lipinski definition) is 5. The molecule has 112 valence electrons. The van der Waals surface area contributed by atoms with Crippen LogP contribution in [0, 0.1) is 5.92 Å². The molecule has 1 atom stereocenters. The fraction of sp³-hybridized carbons (Fsp3) is 0.769. The maximum atomic E-state index is 10.6. The first-order valence-corrected chi connectivity index (χ1v) is 6.97. The molecule has 20 heavy (non-hydrogen) atoms. The Labute approximate surface area is 118 Å². The van der Waals surface area contributed by atoms with Crippen molar-refractivity contribution >= 4 is 5.97 Å². The van der Waals surface area contributed by atoms with Crippen LogP contribution in [0.5, 0.6) is 0 Å². The highest BCUT2D eigenvalue weighted by Gasteiger charge is 2.21. The van der Waals surface area contributed by atoms with Gasteiger partial charge in [0.2, 0.25) is 0 Å². The lowest BCUT2D eigenvalue weighted by atomic mass is 10.2. The Balaban J connectivity index is 1.86. The number of hydrogen-bond donors (Lipinski definition) is 1. The van der Waals surface area contributed by atoms with Crippen molar-refractivity contribution in [3.63, 3.8) is 0 Å². The summed E-state index contributed by atoms with van der Waals surface area (Å²) in [6.07, 6.45) is 1.67. The molecule has 1 aliphatic heterocycles. The first-order valence-electron chi connectivity index (χ1n) is 6.97. The predicted molar refractivity (Wildman–Crippen MR) is 72.4 cm³/mol. The van der Waals surface area contributed by atoms with Gasteiger partial charge in [0.05, 0.1) is 31.4 Å². The van der Waals surface area contributed by atoms with Gasteiger partial charge in [-0.2, -0.15) is 0 Å².